The number of likely N-dealkylation sites (tertiary alicyclic amines) is 1. The SMILES string of the molecule is CC(C)(C)OCCN1CCCC1C(C)(C)O. The lowest BCUT2D eigenvalue weighted by Crippen LogP contribution is -2.47. The molecule has 1 aliphatic rings. The average molecular weight is 229 g/mol. The van der Waals surface area contributed by atoms with Crippen LogP contribution in [0.1, 0.15) is 47.5 Å². The summed E-state index contributed by atoms with van der Waals surface area (Å²) in [5.41, 5.74) is -0.664. The van der Waals surface area contributed by atoms with E-state index in [1.807, 2.05) is 13.8 Å². The zero-order valence-corrected chi connectivity index (χ0v) is 11.4. The zero-order chi connectivity index (χ0) is 12.4. The molecule has 1 atom stereocenters. The van der Waals surface area contributed by atoms with Crippen LogP contribution < -0.4 is 0 Å². The van der Waals surface area contributed by atoms with E-state index in [1.165, 1.54) is 6.42 Å². The zero-order valence-electron chi connectivity index (χ0n) is 11.4. The van der Waals surface area contributed by atoms with Gasteiger partial charge in [0, 0.05) is 12.6 Å². The number of hydrogen-bond donors (Lipinski definition) is 1. The first kappa shape index (κ1) is 13.9. The second kappa shape index (κ2) is 5.03. The fourth-order valence-corrected chi connectivity index (χ4v) is 2.36. The van der Waals surface area contributed by atoms with Crippen LogP contribution in [0.5, 0.6) is 0 Å². The molecule has 1 rings (SSSR count). The molecule has 1 heterocycles. The fraction of sp³-hybridized carbons (Fsp3) is 1.00. The molecule has 0 spiro atoms. The molecule has 0 aliphatic carbocycles. The molecular formula is C13H27NO2. The summed E-state index contributed by atoms with van der Waals surface area (Å²) in [6, 6.07) is 0.288. The van der Waals surface area contributed by atoms with E-state index < -0.39 is 5.60 Å². The molecule has 96 valence electrons. The van der Waals surface area contributed by atoms with Crippen LogP contribution >= 0.6 is 0 Å². The van der Waals surface area contributed by atoms with Gasteiger partial charge in [-0.3, -0.25) is 4.90 Å². The Hall–Kier alpha value is -0.120. The molecule has 16 heavy (non-hydrogen) atoms. The minimum Gasteiger partial charge on any atom is -0.389 e. The van der Waals surface area contributed by atoms with Gasteiger partial charge in [-0.2, -0.15) is 0 Å². The molecule has 0 aromatic carbocycles. The first-order chi connectivity index (χ1) is 7.20. The van der Waals surface area contributed by atoms with Gasteiger partial charge in [-0.25, -0.2) is 0 Å². The third kappa shape index (κ3) is 4.40. The third-order valence-electron chi connectivity index (χ3n) is 3.09. The van der Waals surface area contributed by atoms with Crippen LogP contribution in [0.25, 0.3) is 0 Å². The molecule has 1 unspecified atom stereocenters. The predicted octanol–water partition coefficient (Wildman–Crippen LogP) is 2.04. The van der Waals surface area contributed by atoms with Crippen molar-refractivity contribution in [3.05, 3.63) is 0 Å². The first-order valence-corrected chi connectivity index (χ1v) is 6.30. The van der Waals surface area contributed by atoms with Gasteiger partial charge in [0.2, 0.25) is 0 Å². The molecule has 3 nitrogen and oxygen atoms in total. The van der Waals surface area contributed by atoms with Gasteiger partial charge in [-0.1, -0.05) is 0 Å². The molecule has 0 amide bonds. The first-order valence-electron chi connectivity index (χ1n) is 6.30. The molecule has 0 aromatic heterocycles. The fourth-order valence-electron chi connectivity index (χ4n) is 2.36. The minimum atomic E-state index is -0.599. The average Bonchev–Trinajstić information content (AvgIpc) is 2.48. The maximum atomic E-state index is 10.1. The van der Waals surface area contributed by atoms with E-state index >= 15 is 0 Å². The minimum absolute atomic E-state index is 0.0655. The Bertz CT molecular complexity index is 215. The molecule has 1 fully saturated rings. The van der Waals surface area contributed by atoms with Crippen molar-refractivity contribution in [2.24, 2.45) is 0 Å². The molecule has 1 saturated heterocycles. The Balaban J connectivity index is 2.36. The quantitative estimate of drug-likeness (QED) is 0.800. The summed E-state index contributed by atoms with van der Waals surface area (Å²) >= 11 is 0. The van der Waals surface area contributed by atoms with E-state index in [1.54, 1.807) is 0 Å². The Morgan fingerprint density at radius 3 is 2.38 bits per heavy atom. The summed E-state index contributed by atoms with van der Waals surface area (Å²) in [4.78, 5) is 2.35. The summed E-state index contributed by atoms with van der Waals surface area (Å²) in [7, 11) is 0. The topological polar surface area (TPSA) is 32.7 Å². The molecule has 3 heteroatoms. The molecule has 0 radical (unpaired) electrons. The highest BCUT2D eigenvalue weighted by atomic mass is 16.5. The maximum Gasteiger partial charge on any atom is 0.0746 e. The second-order valence-corrected chi connectivity index (χ2v) is 6.31. The van der Waals surface area contributed by atoms with Gasteiger partial charge in [-0.15, -0.1) is 0 Å². The van der Waals surface area contributed by atoms with Crippen molar-refractivity contribution in [2.75, 3.05) is 19.7 Å². The van der Waals surface area contributed by atoms with Crippen LogP contribution in [0.2, 0.25) is 0 Å². The van der Waals surface area contributed by atoms with Crippen LogP contribution in [-0.4, -0.2) is 46.9 Å². The molecule has 0 bridgehead atoms. The van der Waals surface area contributed by atoms with Gasteiger partial charge in [-0.05, 0) is 54.0 Å². The van der Waals surface area contributed by atoms with Crippen molar-refractivity contribution < 1.29 is 9.84 Å². The maximum absolute atomic E-state index is 10.1. The van der Waals surface area contributed by atoms with Gasteiger partial charge >= 0.3 is 0 Å². The summed E-state index contributed by atoms with van der Waals surface area (Å²) in [5.74, 6) is 0. The Labute approximate surface area is 99.8 Å². The Morgan fingerprint density at radius 2 is 1.88 bits per heavy atom. The third-order valence-corrected chi connectivity index (χ3v) is 3.09. The van der Waals surface area contributed by atoms with E-state index in [0.29, 0.717) is 0 Å². The monoisotopic (exact) mass is 229 g/mol. The van der Waals surface area contributed by atoms with Crippen LogP contribution in [0.3, 0.4) is 0 Å². The summed E-state index contributed by atoms with van der Waals surface area (Å²) in [6.45, 7) is 12.8. The lowest BCUT2D eigenvalue weighted by atomic mass is 9.97. The molecule has 0 saturated carbocycles. The highest BCUT2D eigenvalue weighted by molar-refractivity contribution is 4.90. The summed E-state index contributed by atoms with van der Waals surface area (Å²) in [5, 5.41) is 10.1. The molecule has 1 aliphatic heterocycles. The Kier molecular flexibility index (Phi) is 4.38. The number of ether oxygens (including phenoxy) is 1. The molecule has 1 N–H and O–H groups in total. The van der Waals surface area contributed by atoms with Gasteiger partial charge < -0.3 is 9.84 Å². The summed E-state index contributed by atoms with van der Waals surface area (Å²) < 4.78 is 5.73. The molecule has 0 aromatic rings. The van der Waals surface area contributed by atoms with E-state index in [4.69, 9.17) is 4.74 Å². The van der Waals surface area contributed by atoms with E-state index in [9.17, 15) is 5.11 Å². The van der Waals surface area contributed by atoms with Gasteiger partial charge in [0.25, 0.3) is 0 Å². The lowest BCUT2D eigenvalue weighted by Gasteiger charge is -2.34. The normalized spacial score (nSPS) is 24.0. The Morgan fingerprint density at radius 1 is 1.25 bits per heavy atom. The van der Waals surface area contributed by atoms with Crippen LogP contribution in [0.15, 0.2) is 0 Å². The van der Waals surface area contributed by atoms with Crippen molar-refractivity contribution in [1.82, 2.24) is 4.90 Å². The van der Waals surface area contributed by atoms with Crippen LogP contribution in [0, 0.1) is 0 Å². The smallest absolute Gasteiger partial charge is 0.0746 e. The van der Waals surface area contributed by atoms with E-state index in [-0.39, 0.29) is 11.6 Å². The number of hydrogen-bond acceptors (Lipinski definition) is 3. The van der Waals surface area contributed by atoms with Gasteiger partial charge in [0.05, 0.1) is 17.8 Å². The van der Waals surface area contributed by atoms with Crippen molar-refractivity contribution >= 4 is 0 Å². The second-order valence-electron chi connectivity index (χ2n) is 6.31. The molecular weight excluding hydrogens is 202 g/mol. The van der Waals surface area contributed by atoms with Gasteiger partial charge in [0.15, 0.2) is 0 Å². The van der Waals surface area contributed by atoms with Crippen LogP contribution in [0.4, 0.5) is 0 Å². The number of rotatable bonds is 4. The standard InChI is InChI=1S/C13H27NO2/c1-12(2,3)16-10-9-14-8-6-7-11(14)13(4,5)15/h11,15H,6-10H2,1-5H3. The number of aliphatic hydroxyl groups is 1. The lowest BCUT2D eigenvalue weighted by molar-refractivity contribution is -0.0382. The van der Waals surface area contributed by atoms with Gasteiger partial charge in [0.1, 0.15) is 0 Å². The summed E-state index contributed by atoms with van der Waals surface area (Å²) in [6.07, 6.45) is 2.28. The van der Waals surface area contributed by atoms with Crippen LogP contribution in [-0.2, 0) is 4.74 Å². The highest BCUT2D eigenvalue weighted by Crippen LogP contribution is 2.26. The van der Waals surface area contributed by atoms with Crippen molar-refractivity contribution in [2.45, 2.75) is 64.7 Å². The number of nitrogens with zero attached hydrogens (tertiary/aromatic N) is 1. The van der Waals surface area contributed by atoms with Crippen molar-refractivity contribution in [3.63, 3.8) is 0 Å². The predicted molar refractivity (Wildman–Crippen MR) is 66.6 cm³/mol. The van der Waals surface area contributed by atoms with Crippen molar-refractivity contribution in [3.8, 4) is 0 Å². The van der Waals surface area contributed by atoms with E-state index in [0.717, 1.165) is 26.1 Å². The highest BCUT2D eigenvalue weighted by Gasteiger charge is 2.35. The largest absolute Gasteiger partial charge is 0.389 e. The van der Waals surface area contributed by atoms with Crippen molar-refractivity contribution in [1.29, 1.82) is 0 Å². The van der Waals surface area contributed by atoms with E-state index in [2.05, 4.69) is 25.7 Å².